The van der Waals surface area contributed by atoms with Crippen molar-refractivity contribution >= 4 is 28.0 Å². The molecule has 214 valence electrons. The lowest BCUT2D eigenvalue weighted by Crippen LogP contribution is -2.35. The van der Waals surface area contributed by atoms with Crippen LogP contribution in [0.3, 0.4) is 0 Å². The molecule has 1 aliphatic heterocycles. The number of likely N-dealkylation sites (tertiary alicyclic amines) is 1. The number of ether oxygens (including phenoxy) is 1. The lowest BCUT2D eigenvalue weighted by Gasteiger charge is -2.33. The Kier molecular flexibility index (Phi) is 11.5. The highest BCUT2D eigenvalue weighted by Gasteiger charge is 2.28. The zero-order chi connectivity index (χ0) is 29.2. The summed E-state index contributed by atoms with van der Waals surface area (Å²) in [7, 11) is 2.12. The van der Waals surface area contributed by atoms with Gasteiger partial charge >= 0.3 is 4.87 Å². The molecule has 9 heteroatoms. The van der Waals surface area contributed by atoms with E-state index in [1.54, 1.807) is 13.0 Å². The Morgan fingerprint density at radius 3 is 2.62 bits per heavy atom. The summed E-state index contributed by atoms with van der Waals surface area (Å²) in [6.45, 7) is 12.4. The fourth-order valence-electron chi connectivity index (χ4n) is 4.63. The minimum Gasteiger partial charge on any atom is -0.489 e. The number of benzene rings is 2. The Bertz CT molecular complexity index is 1470. The van der Waals surface area contributed by atoms with Gasteiger partial charge in [-0.05, 0) is 57.1 Å². The van der Waals surface area contributed by atoms with Gasteiger partial charge in [0.05, 0.1) is 11.1 Å². The molecule has 2 aromatic heterocycles. The lowest BCUT2D eigenvalue weighted by atomic mass is 9.88. The van der Waals surface area contributed by atoms with Gasteiger partial charge in [0.2, 0.25) is 0 Å². The Morgan fingerprint density at radius 1 is 1.20 bits per heavy atom. The van der Waals surface area contributed by atoms with Crippen molar-refractivity contribution in [2.24, 2.45) is 5.92 Å². The summed E-state index contributed by atoms with van der Waals surface area (Å²) in [5.41, 5.74) is 2.91. The van der Waals surface area contributed by atoms with Crippen molar-refractivity contribution in [3.63, 3.8) is 0 Å². The summed E-state index contributed by atoms with van der Waals surface area (Å²) < 4.78 is 19.7. The maximum Gasteiger partial charge on any atom is 0.322 e. The van der Waals surface area contributed by atoms with Crippen LogP contribution >= 0.6 is 11.3 Å². The molecule has 0 spiro atoms. The first-order valence-corrected chi connectivity index (χ1v) is 14.6. The summed E-state index contributed by atoms with van der Waals surface area (Å²) in [5, 5.41) is 8.56. The molecule has 1 N–H and O–H groups in total. The van der Waals surface area contributed by atoms with E-state index >= 15 is 0 Å². The van der Waals surface area contributed by atoms with E-state index < -0.39 is 5.82 Å². The molecule has 4 aromatic rings. The van der Waals surface area contributed by atoms with Gasteiger partial charge in [-0.3, -0.25) is 14.6 Å². The number of aryl methyl sites for hydroxylation is 1. The number of para-hydroxylation sites is 1. The van der Waals surface area contributed by atoms with E-state index in [1.165, 1.54) is 29.9 Å². The van der Waals surface area contributed by atoms with Gasteiger partial charge in [0.15, 0.2) is 5.78 Å². The van der Waals surface area contributed by atoms with Crippen LogP contribution in [0.4, 0.5) is 4.39 Å². The van der Waals surface area contributed by atoms with Crippen LogP contribution in [0.1, 0.15) is 73.1 Å². The van der Waals surface area contributed by atoms with E-state index in [-0.39, 0.29) is 22.6 Å². The van der Waals surface area contributed by atoms with E-state index in [4.69, 9.17) is 4.74 Å². The molecule has 1 fully saturated rings. The summed E-state index contributed by atoms with van der Waals surface area (Å²) >= 11 is 1.25. The van der Waals surface area contributed by atoms with Gasteiger partial charge in [-0.15, -0.1) is 0 Å². The number of carbonyl (C=O) groups excluding carboxylic acids is 1. The number of piperidine rings is 1. The van der Waals surface area contributed by atoms with E-state index in [1.807, 2.05) is 51.1 Å². The zero-order valence-electron chi connectivity index (χ0n) is 24.2. The highest BCUT2D eigenvalue weighted by Crippen LogP contribution is 2.31. The Balaban J connectivity index is 0.000000234. The first kappa shape index (κ1) is 31.1. The van der Waals surface area contributed by atoms with E-state index in [0.29, 0.717) is 24.2 Å². The quantitative estimate of drug-likeness (QED) is 0.259. The van der Waals surface area contributed by atoms with Gasteiger partial charge in [0, 0.05) is 41.6 Å². The van der Waals surface area contributed by atoms with Gasteiger partial charge in [-0.25, -0.2) is 9.49 Å². The first-order valence-electron chi connectivity index (χ1n) is 13.8. The Hall–Kier alpha value is -3.43. The Morgan fingerprint density at radius 2 is 1.95 bits per heavy atom. The average Bonchev–Trinajstić information content (AvgIpc) is 3.40. The standard InChI is InChI=1S/C20H18FNO2.C9H15N3OS.C2H6/c1-3-20(23)17-9-8-15(11-18(17)21)24-12-14-10-13(2)22-19-7-5-4-6-16(14)19;1-6-3-4-12(2)5-7(6)8-10-11-9(13)14-8;1-2/h4-11H,3,12H2,1-2H3;6-7H,3-5H2,1-2H3,(H,11,13);1-2H3. The molecule has 1 saturated heterocycles. The van der Waals surface area contributed by atoms with Crippen molar-refractivity contribution in [1.29, 1.82) is 0 Å². The van der Waals surface area contributed by atoms with Crippen molar-refractivity contribution < 1.29 is 13.9 Å². The van der Waals surface area contributed by atoms with Crippen LogP contribution in [0.15, 0.2) is 53.3 Å². The van der Waals surface area contributed by atoms with E-state index in [9.17, 15) is 14.0 Å². The highest BCUT2D eigenvalue weighted by atomic mass is 32.1. The third-order valence-corrected chi connectivity index (χ3v) is 7.70. The molecule has 3 heterocycles. The number of ketones is 1. The second-order valence-electron chi connectivity index (χ2n) is 9.73. The maximum absolute atomic E-state index is 14.0. The molecule has 7 nitrogen and oxygen atoms in total. The van der Waals surface area contributed by atoms with E-state index in [2.05, 4.69) is 34.1 Å². The molecule has 0 radical (unpaired) electrons. The van der Waals surface area contributed by atoms with Crippen molar-refractivity contribution in [1.82, 2.24) is 20.1 Å². The predicted molar refractivity (Wildman–Crippen MR) is 160 cm³/mol. The normalized spacial score (nSPS) is 16.9. The minimum atomic E-state index is -0.546. The predicted octanol–water partition coefficient (Wildman–Crippen LogP) is 6.77. The number of H-pyrrole nitrogens is 1. The molecule has 2 unspecified atom stereocenters. The van der Waals surface area contributed by atoms with Crippen LogP contribution in [0.2, 0.25) is 0 Å². The summed E-state index contributed by atoms with van der Waals surface area (Å²) in [4.78, 5) is 29.4. The van der Waals surface area contributed by atoms with Gasteiger partial charge < -0.3 is 9.64 Å². The number of nitrogens with one attached hydrogen (secondary N) is 1. The number of aromatic amines is 1. The minimum absolute atomic E-state index is 0.0413. The van der Waals surface area contributed by atoms with Gasteiger partial charge in [-0.1, -0.05) is 57.2 Å². The number of rotatable bonds is 6. The SMILES string of the molecule is CC.CC1CCN(C)CC1c1n[nH]c(=O)s1.CCC(=O)c1ccc(OCc2cc(C)nc3ccccc23)cc1F. The molecule has 0 aliphatic carbocycles. The number of carbonyl (C=O) groups is 1. The summed E-state index contributed by atoms with van der Waals surface area (Å²) in [6.07, 6.45) is 1.47. The third kappa shape index (κ3) is 8.05. The summed E-state index contributed by atoms with van der Waals surface area (Å²) in [6, 6.07) is 14.2. The molecule has 0 amide bonds. The second-order valence-corrected chi connectivity index (χ2v) is 10.7. The number of pyridine rings is 1. The smallest absolute Gasteiger partial charge is 0.322 e. The fraction of sp³-hybridized carbons (Fsp3) is 0.419. The number of hydrogen-bond donors (Lipinski definition) is 1. The number of nitrogens with zero attached hydrogens (tertiary/aromatic N) is 3. The molecule has 0 saturated carbocycles. The second kappa shape index (κ2) is 14.8. The molecule has 2 aromatic carbocycles. The molecular formula is C31H39FN4O3S. The van der Waals surface area contributed by atoms with Gasteiger partial charge in [-0.2, -0.15) is 5.10 Å². The monoisotopic (exact) mass is 566 g/mol. The number of halogens is 1. The third-order valence-electron chi connectivity index (χ3n) is 6.82. The summed E-state index contributed by atoms with van der Waals surface area (Å²) in [5.74, 6) is 0.700. The van der Waals surface area contributed by atoms with Crippen molar-refractivity contribution in [3.8, 4) is 5.75 Å². The number of aromatic nitrogens is 3. The molecule has 5 rings (SSSR count). The van der Waals surface area contributed by atoms with Crippen LogP contribution in [-0.4, -0.2) is 46.0 Å². The first-order chi connectivity index (χ1) is 19.2. The van der Waals surface area contributed by atoms with Crippen molar-refractivity contribution in [2.45, 2.75) is 60.0 Å². The van der Waals surface area contributed by atoms with Crippen LogP contribution in [0.5, 0.6) is 5.75 Å². The van der Waals surface area contributed by atoms with Crippen LogP contribution in [0.25, 0.3) is 10.9 Å². The fourth-order valence-corrected chi connectivity index (χ4v) is 5.46. The number of likely N-dealkylation sites (N-methyl/N-ethyl adjacent to an activating group) is 1. The topological polar surface area (TPSA) is 88.2 Å². The van der Waals surface area contributed by atoms with Crippen LogP contribution in [-0.2, 0) is 6.61 Å². The molecule has 1 aliphatic rings. The number of hydrogen-bond acceptors (Lipinski definition) is 7. The lowest BCUT2D eigenvalue weighted by molar-refractivity contribution is 0.0984. The van der Waals surface area contributed by atoms with E-state index in [0.717, 1.165) is 40.3 Å². The highest BCUT2D eigenvalue weighted by molar-refractivity contribution is 7.08. The van der Waals surface area contributed by atoms with Crippen molar-refractivity contribution in [3.05, 3.63) is 85.8 Å². The number of Topliss-reactive ketones (excluding diaryl/α,β-unsaturated/α-hetero) is 1. The van der Waals surface area contributed by atoms with Crippen LogP contribution in [0, 0.1) is 18.7 Å². The maximum atomic E-state index is 14.0. The van der Waals surface area contributed by atoms with Crippen molar-refractivity contribution in [2.75, 3.05) is 20.1 Å². The molecule has 40 heavy (non-hydrogen) atoms. The van der Waals surface area contributed by atoms with Gasteiger partial charge in [0.25, 0.3) is 0 Å². The Labute approximate surface area is 239 Å². The van der Waals surface area contributed by atoms with Crippen LogP contribution < -0.4 is 9.61 Å². The average molecular weight is 567 g/mol. The largest absolute Gasteiger partial charge is 0.489 e. The molecule has 0 bridgehead atoms. The van der Waals surface area contributed by atoms with Gasteiger partial charge in [0.1, 0.15) is 23.2 Å². The number of fused-ring (bicyclic) bond motifs is 1. The zero-order valence-corrected chi connectivity index (χ0v) is 25.0. The molecule has 2 atom stereocenters. The molecular weight excluding hydrogens is 527 g/mol.